The number of aromatic nitrogens is 2. The van der Waals surface area contributed by atoms with Crippen molar-refractivity contribution in [2.75, 3.05) is 67.8 Å². The van der Waals surface area contributed by atoms with E-state index in [0.717, 1.165) is 35.8 Å². The van der Waals surface area contributed by atoms with Gasteiger partial charge in [-0.25, -0.2) is 4.98 Å². The third-order valence-corrected chi connectivity index (χ3v) is 8.67. The van der Waals surface area contributed by atoms with Gasteiger partial charge in [-0.05, 0) is 68.2 Å². The van der Waals surface area contributed by atoms with Gasteiger partial charge in [-0.2, -0.15) is 4.98 Å². The first kappa shape index (κ1) is 24.1. The van der Waals surface area contributed by atoms with Crippen molar-refractivity contribution in [3.8, 4) is 0 Å². The first-order valence-corrected chi connectivity index (χ1v) is 14.6. The van der Waals surface area contributed by atoms with Gasteiger partial charge < -0.3 is 26.2 Å². The molecule has 2 aromatic carbocycles. The molecule has 0 unspecified atom stereocenters. The maximum Gasteiger partial charge on any atom is 0.229 e. The number of benzene rings is 2. The summed E-state index contributed by atoms with van der Waals surface area (Å²) in [7, 11) is 1.93. The van der Waals surface area contributed by atoms with E-state index >= 15 is 0 Å². The van der Waals surface area contributed by atoms with Crippen LogP contribution in [0.2, 0.25) is 5.02 Å². The minimum atomic E-state index is -0.272. The van der Waals surface area contributed by atoms with Crippen molar-refractivity contribution in [1.82, 2.24) is 14.9 Å². The van der Waals surface area contributed by atoms with E-state index in [0.29, 0.717) is 22.2 Å². The Bertz CT molecular complexity index is 1200. The number of anilines is 6. The molecule has 3 heterocycles. The van der Waals surface area contributed by atoms with Gasteiger partial charge in [-0.15, -0.1) is 0 Å². The van der Waals surface area contributed by atoms with Crippen LogP contribution in [-0.4, -0.2) is 61.4 Å². The van der Waals surface area contributed by atoms with E-state index in [1.54, 1.807) is 6.20 Å². The van der Waals surface area contributed by atoms with Crippen molar-refractivity contribution in [3.63, 3.8) is 0 Å². The minimum Gasteiger partial charge on any atom is -0.397 e. The van der Waals surface area contributed by atoms with Crippen LogP contribution in [0.5, 0.6) is 0 Å². The van der Waals surface area contributed by atoms with E-state index < -0.39 is 0 Å². The minimum absolute atomic E-state index is 0.272. The van der Waals surface area contributed by atoms with Gasteiger partial charge in [-0.1, -0.05) is 37.7 Å². The van der Waals surface area contributed by atoms with Gasteiger partial charge in [0.25, 0.3) is 0 Å². The summed E-state index contributed by atoms with van der Waals surface area (Å²) in [5, 5.41) is 8.41. The molecule has 5 rings (SSSR count). The highest BCUT2D eigenvalue weighted by atomic mass is 35.5. The summed E-state index contributed by atoms with van der Waals surface area (Å²) in [6.07, 6.45) is 4.07. The smallest absolute Gasteiger partial charge is 0.229 e. The van der Waals surface area contributed by atoms with Gasteiger partial charge in [0.05, 0.1) is 17.6 Å². The van der Waals surface area contributed by atoms with Crippen LogP contribution in [0.15, 0.2) is 48.7 Å². The lowest BCUT2D eigenvalue weighted by Gasteiger charge is -2.53. The molecule has 0 aliphatic carbocycles. The van der Waals surface area contributed by atoms with Gasteiger partial charge in [-0.3, -0.25) is 0 Å². The highest BCUT2D eigenvalue weighted by Gasteiger charge is 2.43. The highest BCUT2D eigenvalue weighted by molar-refractivity contribution is 7.64. The molecule has 0 amide bonds. The number of nitrogens with zero attached hydrogens (tertiary/aromatic N) is 4. The summed E-state index contributed by atoms with van der Waals surface area (Å²) in [5.74, 6) is 1.03. The molecule has 2 aliphatic heterocycles. The number of likely N-dealkylation sites (tertiary alicyclic amines) is 1. The van der Waals surface area contributed by atoms with Crippen molar-refractivity contribution < 1.29 is 0 Å². The molecule has 7 nitrogen and oxygen atoms in total. The number of para-hydroxylation sites is 1. The molecular formula is C26H33ClN7P. The fourth-order valence-electron chi connectivity index (χ4n) is 5.30. The lowest BCUT2D eigenvalue weighted by Crippen LogP contribution is -2.58. The lowest BCUT2D eigenvalue weighted by molar-refractivity contribution is 0.00133. The van der Waals surface area contributed by atoms with Crippen LogP contribution < -0.4 is 26.6 Å². The maximum absolute atomic E-state index is 6.48. The van der Waals surface area contributed by atoms with Crippen molar-refractivity contribution in [2.45, 2.75) is 12.8 Å². The Morgan fingerprint density at radius 1 is 1.06 bits per heavy atom. The van der Waals surface area contributed by atoms with Crippen molar-refractivity contribution >= 4 is 59.3 Å². The first-order chi connectivity index (χ1) is 16.8. The summed E-state index contributed by atoms with van der Waals surface area (Å²) >= 11 is 6.42. The SMILES string of the molecule is CN1CC2(CCN(c3ccc(Nc4ncc(Cl)c(Nc5ccccc5P(C)C)n4)cc3N)CC2)C1. The molecule has 1 spiro atoms. The Hall–Kier alpha value is -2.60. The van der Waals surface area contributed by atoms with Crippen LogP contribution in [0.3, 0.4) is 0 Å². The Morgan fingerprint density at radius 2 is 1.80 bits per heavy atom. The number of nitrogens with two attached hydrogens (primary N) is 1. The summed E-state index contributed by atoms with van der Waals surface area (Å²) < 4.78 is 0. The quantitative estimate of drug-likeness (QED) is 0.315. The Morgan fingerprint density at radius 3 is 2.49 bits per heavy atom. The van der Waals surface area contributed by atoms with Crippen LogP contribution in [0, 0.1) is 5.41 Å². The second-order valence-electron chi connectivity index (χ2n) is 9.98. The van der Waals surface area contributed by atoms with Gasteiger partial charge in [0.1, 0.15) is 5.02 Å². The Balaban J connectivity index is 1.28. The zero-order valence-electron chi connectivity index (χ0n) is 20.6. The number of nitrogens with one attached hydrogen (secondary N) is 2. The molecular weight excluding hydrogens is 477 g/mol. The molecule has 0 atom stereocenters. The van der Waals surface area contributed by atoms with Crippen LogP contribution in [0.25, 0.3) is 0 Å². The van der Waals surface area contributed by atoms with Crippen LogP contribution in [0.1, 0.15) is 12.8 Å². The molecule has 184 valence electrons. The Kier molecular flexibility index (Phi) is 6.75. The second-order valence-corrected chi connectivity index (χ2v) is 12.7. The van der Waals surface area contributed by atoms with E-state index in [9.17, 15) is 0 Å². The topological polar surface area (TPSA) is 82.3 Å². The van der Waals surface area contributed by atoms with Gasteiger partial charge >= 0.3 is 0 Å². The van der Waals surface area contributed by atoms with Gasteiger partial charge in [0.15, 0.2) is 5.82 Å². The standard InChI is InChI=1S/C26H33ClN7P/c1-33-16-26(17-33)10-12-34(13-11-26)22-9-8-18(14-20(22)28)30-25-29-15-19(27)24(32-25)31-21-6-4-5-7-23(21)35(2)3/h4-9,14-15H,10-13,16-17,28H2,1-3H3,(H2,29,30,31,32). The number of nitrogen functional groups attached to an aromatic ring is 1. The fourth-order valence-corrected chi connectivity index (χ4v) is 6.43. The normalized spacial score (nSPS) is 17.5. The molecule has 35 heavy (non-hydrogen) atoms. The number of hydrogen-bond donors (Lipinski definition) is 3. The van der Waals surface area contributed by atoms with Gasteiger partial charge in [0, 0.05) is 37.6 Å². The zero-order valence-corrected chi connectivity index (χ0v) is 22.2. The van der Waals surface area contributed by atoms with Crippen LogP contribution >= 0.6 is 19.5 Å². The van der Waals surface area contributed by atoms with Crippen LogP contribution in [0.4, 0.5) is 34.5 Å². The lowest BCUT2D eigenvalue weighted by atomic mass is 9.72. The first-order valence-electron chi connectivity index (χ1n) is 12.0. The molecule has 2 aliphatic rings. The van der Waals surface area contributed by atoms with Crippen LogP contribution in [-0.2, 0) is 0 Å². The van der Waals surface area contributed by atoms with Crippen molar-refractivity contribution in [1.29, 1.82) is 0 Å². The van der Waals surface area contributed by atoms with E-state index in [-0.39, 0.29) is 7.92 Å². The zero-order chi connectivity index (χ0) is 24.6. The molecule has 2 saturated heterocycles. The predicted octanol–water partition coefficient (Wildman–Crippen LogP) is 5.10. The van der Waals surface area contributed by atoms with E-state index in [1.165, 1.54) is 31.2 Å². The molecule has 0 radical (unpaired) electrons. The maximum atomic E-state index is 6.48. The third kappa shape index (κ3) is 5.18. The number of halogens is 1. The van der Waals surface area contributed by atoms with E-state index in [4.69, 9.17) is 17.3 Å². The average molecular weight is 510 g/mol. The average Bonchev–Trinajstić information content (AvgIpc) is 2.81. The summed E-state index contributed by atoms with van der Waals surface area (Å²) in [6, 6.07) is 14.3. The molecule has 3 aromatic rings. The van der Waals surface area contributed by atoms with Crippen molar-refractivity contribution in [2.24, 2.45) is 5.41 Å². The predicted molar refractivity (Wildman–Crippen MR) is 151 cm³/mol. The molecule has 0 saturated carbocycles. The van der Waals surface area contributed by atoms with E-state index in [2.05, 4.69) is 69.0 Å². The largest absolute Gasteiger partial charge is 0.397 e. The molecule has 2 fully saturated rings. The van der Waals surface area contributed by atoms with Gasteiger partial charge in [0.2, 0.25) is 5.95 Å². The molecule has 0 bridgehead atoms. The molecule has 9 heteroatoms. The summed E-state index contributed by atoms with van der Waals surface area (Å²) in [6.45, 7) is 9.01. The highest BCUT2D eigenvalue weighted by Crippen LogP contribution is 2.41. The number of hydrogen-bond acceptors (Lipinski definition) is 7. The number of piperidine rings is 1. The number of rotatable bonds is 6. The summed E-state index contributed by atoms with van der Waals surface area (Å²) in [4.78, 5) is 13.8. The Labute approximate surface area is 213 Å². The van der Waals surface area contributed by atoms with E-state index in [1.807, 2.05) is 24.3 Å². The fraction of sp³-hybridized carbons (Fsp3) is 0.385. The van der Waals surface area contributed by atoms with Crippen molar-refractivity contribution in [3.05, 3.63) is 53.7 Å². The monoisotopic (exact) mass is 509 g/mol. The molecule has 1 aromatic heterocycles. The second kappa shape index (κ2) is 9.81. The third-order valence-electron chi connectivity index (χ3n) is 7.04. The summed E-state index contributed by atoms with van der Waals surface area (Å²) in [5.41, 5.74) is 10.7. The molecule has 4 N–H and O–H groups in total.